The third-order valence-corrected chi connectivity index (χ3v) is 5.77. The van der Waals surface area contributed by atoms with Gasteiger partial charge in [0.25, 0.3) is 15.7 Å². The number of sulfonamides is 1. The molecule has 0 aromatic heterocycles. The standard InChI is InChI=1S/C18H23N3O5S.ClH/c1-14-7-9-18(10-8-14)27(25,26)20(13-17(22)12-19(2)3)15-5-4-6-16(11-15)21(23)24;/h4-11,17,22H,12-13H2,1-3H3;1H. The maximum atomic E-state index is 13.2. The second-order valence-corrected chi connectivity index (χ2v) is 8.55. The minimum atomic E-state index is -4.00. The molecule has 154 valence electrons. The molecule has 0 aliphatic carbocycles. The Labute approximate surface area is 171 Å². The highest BCUT2D eigenvalue weighted by atomic mass is 35.5. The van der Waals surface area contributed by atoms with Crippen molar-refractivity contribution in [2.24, 2.45) is 0 Å². The topological polar surface area (TPSA) is 105 Å². The van der Waals surface area contributed by atoms with E-state index in [-0.39, 0.29) is 35.2 Å². The van der Waals surface area contributed by atoms with Crippen LogP contribution in [0.3, 0.4) is 0 Å². The van der Waals surface area contributed by atoms with Crippen LogP contribution in [-0.2, 0) is 10.0 Å². The monoisotopic (exact) mass is 429 g/mol. The molecule has 0 saturated heterocycles. The second kappa shape index (κ2) is 9.83. The average Bonchev–Trinajstić information content (AvgIpc) is 2.59. The molecule has 0 spiro atoms. The lowest BCUT2D eigenvalue weighted by Gasteiger charge is -2.27. The van der Waals surface area contributed by atoms with Crippen LogP contribution in [0.25, 0.3) is 0 Å². The summed E-state index contributed by atoms with van der Waals surface area (Å²) in [5, 5.41) is 21.4. The van der Waals surface area contributed by atoms with Gasteiger partial charge in [0.05, 0.1) is 36.1 Å². The van der Waals surface area contributed by atoms with Crippen LogP contribution in [0.5, 0.6) is 0 Å². The van der Waals surface area contributed by atoms with Crippen LogP contribution in [0.2, 0.25) is 0 Å². The minimum absolute atomic E-state index is 0. The number of nitro groups is 1. The first-order chi connectivity index (χ1) is 12.6. The number of nitro benzene ring substituents is 1. The Kier molecular flexibility index (Phi) is 8.37. The fourth-order valence-corrected chi connectivity index (χ4v) is 4.16. The van der Waals surface area contributed by atoms with Crippen molar-refractivity contribution in [3.8, 4) is 0 Å². The fourth-order valence-electron chi connectivity index (χ4n) is 2.67. The number of quaternary nitrogens is 1. The molecule has 0 radical (unpaired) electrons. The number of nitrogens with zero attached hydrogens (tertiary/aromatic N) is 2. The summed E-state index contributed by atoms with van der Waals surface area (Å²) in [6, 6.07) is 11.7. The Bertz CT molecular complexity index is 904. The molecule has 2 aromatic carbocycles. The Morgan fingerprint density at radius 3 is 2.32 bits per heavy atom. The van der Waals surface area contributed by atoms with Crippen LogP contribution in [0.4, 0.5) is 11.4 Å². The smallest absolute Gasteiger partial charge is 0.271 e. The van der Waals surface area contributed by atoms with E-state index in [0.29, 0.717) is 6.54 Å². The number of benzene rings is 2. The van der Waals surface area contributed by atoms with E-state index < -0.39 is 21.1 Å². The molecule has 2 aromatic rings. The van der Waals surface area contributed by atoms with Crippen molar-refractivity contribution in [2.75, 3.05) is 31.5 Å². The summed E-state index contributed by atoms with van der Waals surface area (Å²) in [5.41, 5.74) is 0.828. The number of rotatable bonds is 8. The summed E-state index contributed by atoms with van der Waals surface area (Å²) in [6.45, 7) is 1.97. The Morgan fingerprint density at radius 2 is 1.79 bits per heavy atom. The molecule has 10 heteroatoms. The zero-order valence-corrected chi connectivity index (χ0v) is 17.4. The molecular formula is C18H24ClN3O5S. The highest BCUT2D eigenvalue weighted by molar-refractivity contribution is 7.92. The third kappa shape index (κ3) is 5.90. The van der Waals surface area contributed by atoms with Crippen LogP contribution >= 0.6 is 0 Å². The zero-order valence-electron chi connectivity index (χ0n) is 15.9. The molecule has 0 saturated carbocycles. The van der Waals surface area contributed by atoms with Gasteiger partial charge in [0, 0.05) is 12.1 Å². The molecule has 0 fully saturated rings. The molecule has 1 unspecified atom stereocenters. The maximum Gasteiger partial charge on any atom is 0.271 e. The number of aliphatic hydroxyl groups excluding tert-OH is 1. The first kappa shape index (κ1) is 23.8. The highest BCUT2D eigenvalue weighted by Crippen LogP contribution is 2.27. The van der Waals surface area contributed by atoms with E-state index in [9.17, 15) is 23.6 Å². The van der Waals surface area contributed by atoms with Gasteiger partial charge in [-0.25, -0.2) is 8.42 Å². The predicted octanol–water partition coefficient (Wildman–Crippen LogP) is -2.39. The maximum absolute atomic E-state index is 13.2. The van der Waals surface area contributed by atoms with Crippen LogP contribution in [0.15, 0.2) is 53.4 Å². The molecular weight excluding hydrogens is 406 g/mol. The molecule has 0 bridgehead atoms. The number of aliphatic hydroxyl groups is 1. The van der Waals surface area contributed by atoms with E-state index in [4.69, 9.17) is 0 Å². The largest absolute Gasteiger partial charge is 1.00 e. The van der Waals surface area contributed by atoms with Crippen molar-refractivity contribution in [1.29, 1.82) is 0 Å². The lowest BCUT2D eigenvalue weighted by molar-refractivity contribution is -0.861. The molecule has 2 N–H and O–H groups in total. The number of halogens is 1. The molecule has 2 rings (SSSR count). The van der Waals surface area contributed by atoms with E-state index >= 15 is 0 Å². The van der Waals surface area contributed by atoms with E-state index in [1.807, 2.05) is 21.0 Å². The molecule has 28 heavy (non-hydrogen) atoms. The predicted molar refractivity (Wildman–Crippen MR) is 102 cm³/mol. The molecule has 0 amide bonds. The average molecular weight is 430 g/mol. The summed E-state index contributed by atoms with van der Waals surface area (Å²) in [4.78, 5) is 11.5. The second-order valence-electron chi connectivity index (χ2n) is 6.69. The fraction of sp³-hybridized carbons (Fsp3) is 0.333. The van der Waals surface area contributed by atoms with Gasteiger partial charge in [-0.3, -0.25) is 14.4 Å². The van der Waals surface area contributed by atoms with Crippen LogP contribution < -0.4 is 21.6 Å². The third-order valence-electron chi connectivity index (χ3n) is 3.96. The van der Waals surface area contributed by atoms with Crippen LogP contribution in [-0.4, -0.2) is 51.7 Å². The number of anilines is 1. The molecule has 8 nitrogen and oxygen atoms in total. The number of aryl methyl sites for hydroxylation is 1. The first-order valence-corrected chi connectivity index (χ1v) is 9.86. The van der Waals surface area contributed by atoms with Crippen molar-refractivity contribution in [1.82, 2.24) is 0 Å². The number of hydrogen-bond acceptors (Lipinski definition) is 5. The van der Waals surface area contributed by atoms with Crippen molar-refractivity contribution >= 4 is 21.4 Å². The number of nitrogens with one attached hydrogen (secondary N) is 1. The summed E-state index contributed by atoms with van der Waals surface area (Å²) < 4.78 is 27.4. The lowest BCUT2D eigenvalue weighted by atomic mass is 10.2. The SMILES string of the molecule is Cc1ccc(S(=O)(=O)N(CC(O)C[NH+](C)C)c2cccc([N+](=O)[O-])c2)cc1.[Cl-]. The van der Waals surface area contributed by atoms with Gasteiger partial charge in [0.1, 0.15) is 12.6 Å². The number of hydrogen-bond donors (Lipinski definition) is 2. The summed E-state index contributed by atoms with van der Waals surface area (Å²) in [7, 11) is -0.317. The molecule has 1 atom stereocenters. The van der Waals surface area contributed by atoms with Crippen LogP contribution in [0, 0.1) is 17.0 Å². The Balaban J connectivity index is 0.00000392. The van der Waals surface area contributed by atoms with Gasteiger partial charge in [-0.05, 0) is 25.1 Å². The van der Waals surface area contributed by atoms with Gasteiger partial charge >= 0.3 is 0 Å². The van der Waals surface area contributed by atoms with E-state index in [1.54, 1.807) is 12.1 Å². The van der Waals surface area contributed by atoms with E-state index in [0.717, 1.165) is 14.8 Å². The number of non-ortho nitro benzene ring substituents is 1. The van der Waals surface area contributed by atoms with Gasteiger partial charge in [-0.15, -0.1) is 0 Å². The van der Waals surface area contributed by atoms with Gasteiger partial charge in [0.15, 0.2) is 0 Å². The first-order valence-electron chi connectivity index (χ1n) is 8.42. The van der Waals surface area contributed by atoms with Gasteiger partial charge in [0.2, 0.25) is 0 Å². The molecule has 0 heterocycles. The molecule has 0 aliphatic rings. The van der Waals surface area contributed by atoms with Gasteiger partial charge in [-0.1, -0.05) is 23.8 Å². The normalized spacial score (nSPS) is 12.3. The lowest BCUT2D eigenvalue weighted by Crippen LogP contribution is -3.07. The van der Waals surface area contributed by atoms with Gasteiger partial charge < -0.3 is 22.4 Å². The van der Waals surface area contributed by atoms with Crippen molar-refractivity contribution in [3.05, 3.63) is 64.2 Å². The highest BCUT2D eigenvalue weighted by Gasteiger charge is 2.29. The quantitative estimate of drug-likeness (QED) is 0.360. The minimum Gasteiger partial charge on any atom is -1.00 e. The number of likely N-dealkylation sites (N-methyl/N-ethyl adjacent to an activating group) is 1. The van der Waals surface area contributed by atoms with E-state index in [1.165, 1.54) is 36.4 Å². The van der Waals surface area contributed by atoms with Crippen molar-refractivity contribution in [3.63, 3.8) is 0 Å². The summed E-state index contributed by atoms with van der Waals surface area (Å²) >= 11 is 0. The Morgan fingerprint density at radius 1 is 1.18 bits per heavy atom. The summed E-state index contributed by atoms with van der Waals surface area (Å²) in [5.74, 6) is 0. The van der Waals surface area contributed by atoms with Crippen molar-refractivity contribution in [2.45, 2.75) is 17.9 Å². The Hall–Kier alpha value is -2.20. The van der Waals surface area contributed by atoms with E-state index in [2.05, 4.69) is 0 Å². The van der Waals surface area contributed by atoms with Crippen molar-refractivity contribution < 1.29 is 35.8 Å². The summed E-state index contributed by atoms with van der Waals surface area (Å²) in [6.07, 6.45) is -0.936. The van der Waals surface area contributed by atoms with Gasteiger partial charge in [-0.2, -0.15) is 0 Å². The molecule has 0 aliphatic heterocycles. The van der Waals surface area contributed by atoms with Crippen LogP contribution in [0.1, 0.15) is 5.56 Å². The zero-order chi connectivity index (χ0) is 20.2.